The first-order valence-electron chi connectivity index (χ1n) is 6.91. The second-order valence-electron chi connectivity index (χ2n) is 6.08. The predicted molar refractivity (Wildman–Crippen MR) is 79.0 cm³/mol. The molecule has 0 aliphatic carbocycles. The van der Waals surface area contributed by atoms with Gasteiger partial charge >= 0.3 is 0 Å². The van der Waals surface area contributed by atoms with Crippen LogP contribution in [0.25, 0.3) is 10.8 Å². The van der Waals surface area contributed by atoms with Gasteiger partial charge in [-0.3, -0.25) is 9.63 Å². The number of hydroxylamine groups is 2. The molecule has 1 fully saturated rings. The highest BCUT2D eigenvalue weighted by molar-refractivity contribution is 5.88. The van der Waals surface area contributed by atoms with Gasteiger partial charge in [0.15, 0.2) is 0 Å². The average molecular weight is 269 g/mol. The molecule has 20 heavy (non-hydrogen) atoms. The normalized spacial score (nSPS) is 17.9. The van der Waals surface area contributed by atoms with E-state index in [4.69, 9.17) is 4.84 Å². The van der Waals surface area contributed by atoms with E-state index >= 15 is 0 Å². The Kier molecular flexibility index (Phi) is 3.02. The molecule has 1 amide bonds. The fourth-order valence-electron chi connectivity index (χ4n) is 2.61. The largest absolute Gasteiger partial charge is 0.272 e. The van der Waals surface area contributed by atoms with Gasteiger partial charge in [-0.05, 0) is 42.7 Å². The smallest absolute Gasteiger partial charge is 0.254 e. The second-order valence-corrected chi connectivity index (χ2v) is 6.08. The lowest BCUT2D eigenvalue weighted by molar-refractivity contribution is -0.165. The summed E-state index contributed by atoms with van der Waals surface area (Å²) in [6, 6.07) is 12.5. The standard InChI is InChI=1S/C17H19NO2/c1-12-8-9-13-6-4-5-7-14(13)15(12)10-18-16(19)17(2,3)11-20-18/h4-9H,10-11H2,1-3H3. The number of hydrogen-bond donors (Lipinski definition) is 0. The van der Waals surface area contributed by atoms with E-state index in [1.807, 2.05) is 26.0 Å². The Morgan fingerprint density at radius 3 is 2.65 bits per heavy atom. The van der Waals surface area contributed by atoms with Crippen LogP contribution in [0.5, 0.6) is 0 Å². The van der Waals surface area contributed by atoms with Crippen LogP contribution in [0, 0.1) is 12.3 Å². The quantitative estimate of drug-likeness (QED) is 0.835. The highest BCUT2D eigenvalue weighted by Crippen LogP contribution is 2.30. The van der Waals surface area contributed by atoms with Crippen molar-refractivity contribution in [1.29, 1.82) is 0 Å². The molecule has 1 heterocycles. The summed E-state index contributed by atoms with van der Waals surface area (Å²) in [5.41, 5.74) is 1.93. The summed E-state index contributed by atoms with van der Waals surface area (Å²) in [5.74, 6) is 0.0600. The first kappa shape index (κ1) is 13.1. The van der Waals surface area contributed by atoms with E-state index in [0.717, 1.165) is 5.56 Å². The fraction of sp³-hybridized carbons (Fsp3) is 0.353. The van der Waals surface area contributed by atoms with Crippen molar-refractivity contribution in [2.45, 2.75) is 27.3 Å². The Labute approximate surface area is 119 Å². The molecule has 3 heteroatoms. The van der Waals surface area contributed by atoms with Crippen LogP contribution in [0.2, 0.25) is 0 Å². The summed E-state index contributed by atoms with van der Waals surface area (Å²) in [6.07, 6.45) is 0. The minimum atomic E-state index is -0.418. The first-order chi connectivity index (χ1) is 9.49. The van der Waals surface area contributed by atoms with Gasteiger partial charge in [0.05, 0.1) is 18.6 Å². The Morgan fingerprint density at radius 2 is 1.95 bits per heavy atom. The lowest BCUT2D eigenvalue weighted by Crippen LogP contribution is -2.30. The Balaban J connectivity index is 1.99. The van der Waals surface area contributed by atoms with Gasteiger partial charge in [-0.15, -0.1) is 0 Å². The van der Waals surface area contributed by atoms with Gasteiger partial charge in [-0.25, -0.2) is 5.06 Å². The van der Waals surface area contributed by atoms with Crippen LogP contribution in [0.15, 0.2) is 36.4 Å². The van der Waals surface area contributed by atoms with Gasteiger partial charge in [0.2, 0.25) is 0 Å². The van der Waals surface area contributed by atoms with Crippen LogP contribution >= 0.6 is 0 Å². The third-order valence-electron chi connectivity index (χ3n) is 3.96. The minimum Gasteiger partial charge on any atom is -0.272 e. The number of carbonyl (C=O) groups excluding carboxylic acids is 1. The van der Waals surface area contributed by atoms with E-state index in [2.05, 4.69) is 31.2 Å². The molecule has 0 bridgehead atoms. The van der Waals surface area contributed by atoms with Gasteiger partial charge in [0.1, 0.15) is 0 Å². The molecule has 3 rings (SSSR count). The summed E-state index contributed by atoms with van der Waals surface area (Å²) in [4.78, 5) is 17.9. The van der Waals surface area contributed by atoms with E-state index < -0.39 is 5.41 Å². The maximum absolute atomic E-state index is 12.3. The van der Waals surface area contributed by atoms with E-state index in [0.29, 0.717) is 13.2 Å². The van der Waals surface area contributed by atoms with Crippen molar-refractivity contribution in [2.24, 2.45) is 5.41 Å². The predicted octanol–water partition coefficient (Wildman–Crippen LogP) is 3.45. The molecule has 0 saturated carbocycles. The van der Waals surface area contributed by atoms with E-state index in [9.17, 15) is 4.79 Å². The van der Waals surface area contributed by atoms with Crippen molar-refractivity contribution in [3.05, 3.63) is 47.5 Å². The number of fused-ring (bicyclic) bond motifs is 1. The van der Waals surface area contributed by atoms with E-state index in [1.165, 1.54) is 21.4 Å². The molecule has 0 aromatic heterocycles. The molecule has 0 radical (unpaired) electrons. The van der Waals surface area contributed by atoms with Crippen LogP contribution < -0.4 is 0 Å². The van der Waals surface area contributed by atoms with Crippen molar-refractivity contribution in [2.75, 3.05) is 6.61 Å². The highest BCUT2D eigenvalue weighted by atomic mass is 16.7. The number of rotatable bonds is 2. The second kappa shape index (κ2) is 4.60. The molecular formula is C17H19NO2. The zero-order valence-electron chi connectivity index (χ0n) is 12.1. The highest BCUT2D eigenvalue weighted by Gasteiger charge is 2.40. The number of benzene rings is 2. The summed E-state index contributed by atoms with van der Waals surface area (Å²) in [5, 5.41) is 3.89. The van der Waals surface area contributed by atoms with E-state index in [1.54, 1.807) is 0 Å². The third-order valence-corrected chi connectivity index (χ3v) is 3.96. The maximum atomic E-state index is 12.3. The topological polar surface area (TPSA) is 29.5 Å². The summed E-state index contributed by atoms with van der Waals surface area (Å²) in [7, 11) is 0. The van der Waals surface area contributed by atoms with Gasteiger partial charge in [-0.1, -0.05) is 36.4 Å². The van der Waals surface area contributed by atoms with E-state index in [-0.39, 0.29) is 5.91 Å². The number of hydrogen-bond acceptors (Lipinski definition) is 2. The first-order valence-corrected chi connectivity index (χ1v) is 6.91. The Bertz CT molecular complexity index is 676. The molecule has 0 atom stereocenters. The van der Waals surface area contributed by atoms with Crippen molar-refractivity contribution >= 4 is 16.7 Å². The fourth-order valence-corrected chi connectivity index (χ4v) is 2.61. The molecule has 1 aliphatic rings. The molecule has 2 aromatic rings. The molecule has 0 N–H and O–H groups in total. The number of carbonyl (C=O) groups is 1. The molecule has 1 saturated heterocycles. The van der Waals surface area contributed by atoms with Crippen LogP contribution in [0.1, 0.15) is 25.0 Å². The zero-order chi connectivity index (χ0) is 14.3. The number of aryl methyl sites for hydroxylation is 1. The number of nitrogens with zero attached hydrogens (tertiary/aromatic N) is 1. The lowest BCUT2D eigenvalue weighted by Gasteiger charge is -2.19. The average Bonchev–Trinajstić information content (AvgIpc) is 2.69. The molecule has 2 aromatic carbocycles. The number of amides is 1. The SMILES string of the molecule is Cc1ccc2ccccc2c1CN1OCC(C)(C)C1=O. The molecule has 1 aliphatic heterocycles. The van der Waals surface area contributed by atoms with Crippen LogP contribution in [0.3, 0.4) is 0 Å². The monoisotopic (exact) mass is 269 g/mol. The van der Waals surface area contributed by atoms with Gasteiger partial charge in [-0.2, -0.15) is 0 Å². The summed E-state index contributed by atoms with van der Waals surface area (Å²) < 4.78 is 0. The van der Waals surface area contributed by atoms with Crippen molar-refractivity contribution < 1.29 is 9.63 Å². The van der Waals surface area contributed by atoms with Crippen molar-refractivity contribution in [3.8, 4) is 0 Å². The van der Waals surface area contributed by atoms with Crippen molar-refractivity contribution in [3.63, 3.8) is 0 Å². The molecular weight excluding hydrogens is 250 g/mol. The molecule has 3 nitrogen and oxygen atoms in total. The van der Waals surface area contributed by atoms with Gasteiger partial charge in [0, 0.05) is 0 Å². The minimum absolute atomic E-state index is 0.0600. The van der Waals surface area contributed by atoms with Gasteiger partial charge < -0.3 is 0 Å². The molecule has 0 spiro atoms. The molecule has 0 unspecified atom stereocenters. The maximum Gasteiger partial charge on any atom is 0.254 e. The van der Waals surface area contributed by atoms with Crippen LogP contribution in [-0.2, 0) is 16.2 Å². The van der Waals surface area contributed by atoms with Crippen molar-refractivity contribution in [1.82, 2.24) is 5.06 Å². The van der Waals surface area contributed by atoms with Crippen LogP contribution in [0.4, 0.5) is 0 Å². The Morgan fingerprint density at radius 1 is 1.20 bits per heavy atom. The van der Waals surface area contributed by atoms with Crippen LogP contribution in [-0.4, -0.2) is 17.6 Å². The lowest BCUT2D eigenvalue weighted by atomic mass is 9.94. The summed E-state index contributed by atoms with van der Waals surface area (Å²) >= 11 is 0. The summed E-state index contributed by atoms with van der Waals surface area (Å²) in [6.45, 7) is 6.88. The molecule has 104 valence electrons. The zero-order valence-corrected chi connectivity index (χ0v) is 12.1. The third kappa shape index (κ3) is 2.08. The van der Waals surface area contributed by atoms with Gasteiger partial charge in [0.25, 0.3) is 5.91 Å². The Hall–Kier alpha value is -1.87.